The van der Waals surface area contributed by atoms with Crippen molar-refractivity contribution in [1.82, 2.24) is 0 Å². The first-order valence-corrected chi connectivity index (χ1v) is 4.84. The summed E-state index contributed by atoms with van der Waals surface area (Å²) in [5.74, 6) is 0.382. The fourth-order valence-electron chi connectivity index (χ4n) is 0.860. The summed E-state index contributed by atoms with van der Waals surface area (Å²) in [6.07, 6.45) is 0. The molecular formula is C8H10O4P+. The summed E-state index contributed by atoms with van der Waals surface area (Å²) in [6.45, 7) is 0.0696. The minimum absolute atomic E-state index is 0.0696. The Morgan fingerprint density at radius 2 is 2.15 bits per heavy atom. The smallest absolute Gasteiger partial charge is 0.463 e. The van der Waals surface area contributed by atoms with Crippen LogP contribution in [0.15, 0.2) is 24.3 Å². The Bertz CT molecular complexity index is 300. The number of hydrogen-bond donors (Lipinski definition) is 1. The van der Waals surface area contributed by atoms with Crippen molar-refractivity contribution in [3.8, 4) is 5.75 Å². The first-order chi connectivity index (χ1) is 6.25. The van der Waals surface area contributed by atoms with E-state index in [1.165, 1.54) is 7.11 Å². The summed E-state index contributed by atoms with van der Waals surface area (Å²) >= 11 is 0. The molecule has 1 rings (SSSR count). The highest BCUT2D eigenvalue weighted by atomic mass is 31.1. The number of benzene rings is 1. The molecular weight excluding hydrogens is 191 g/mol. The monoisotopic (exact) mass is 201 g/mol. The molecule has 0 radical (unpaired) electrons. The van der Waals surface area contributed by atoms with E-state index in [1.54, 1.807) is 24.3 Å². The van der Waals surface area contributed by atoms with E-state index in [9.17, 15) is 4.57 Å². The molecule has 0 saturated carbocycles. The normalized spacial score (nSPS) is 11.1. The molecule has 0 heterocycles. The van der Waals surface area contributed by atoms with Gasteiger partial charge in [0.15, 0.2) is 12.5 Å². The van der Waals surface area contributed by atoms with Crippen molar-refractivity contribution in [2.24, 2.45) is 0 Å². The van der Waals surface area contributed by atoms with E-state index in [4.69, 9.17) is 9.63 Å². The van der Waals surface area contributed by atoms with Crippen LogP contribution < -0.4 is 10.0 Å². The molecule has 1 aromatic rings. The van der Waals surface area contributed by atoms with Crippen molar-refractivity contribution in [3.63, 3.8) is 0 Å². The van der Waals surface area contributed by atoms with Gasteiger partial charge in [0.05, 0.1) is 0 Å². The van der Waals surface area contributed by atoms with Gasteiger partial charge >= 0.3 is 8.03 Å². The molecule has 0 aliphatic rings. The van der Waals surface area contributed by atoms with Gasteiger partial charge in [0.1, 0.15) is 0 Å². The zero-order valence-corrected chi connectivity index (χ0v) is 8.03. The molecule has 0 aromatic heterocycles. The predicted molar refractivity (Wildman–Crippen MR) is 48.4 cm³/mol. The van der Waals surface area contributed by atoms with Gasteiger partial charge in [0.2, 0.25) is 0 Å². The maximum absolute atomic E-state index is 10.8. The molecule has 4 nitrogen and oxygen atoms in total. The van der Waals surface area contributed by atoms with Crippen LogP contribution in [0.5, 0.6) is 5.75 Å². The maximum Gasteiger partial charge on any atom is 0.550 e. The molecule has 1 N–H and O–H groups in total. The Hall–Kier alpha value is -0.960. The summed E-state index contributed by atoms with van der Waals surface area (Å²) in [5.41, 5.74) is 0. The van der Waals surface area contributed by atoms with Gasteiger partial charge in [-0.3, -0.25) is 0 Å². The molecule has 0 amide bonds. The molecule has 70 valence electrons. The van der Waals surface area contributed by atoms with Gasteiger partial charge < -0.3 is 9.47 Å². The second-order valence-electron chi connectivity index (χ2n) is 2.29. The van der Waals surface area contributed by atoms with Crippen molar-refractivity contribution >= 4 is 13.3 Å². The van der Waals surface area contributed by atoms with Gasteiger partial charge in [-0.2, -0.15) is 4.89 Å². The molecule has 1 atom stereocenters. The van der Waals surface area contributed by atoms with Gasteiger partial charge in [0, 0.05) is 7.11 Å². The summed E-state index contributed by atoms with van der Waals surface area (Å²) in [7, 11) is -0.876. The van der Waals surface area contributed by atoms with Crippen LogP contribution in [-0.2, 0) is 9.30 Å². The number of rotatable bonds is 4. The average molecular weight is 201 g/mol. The van der Waals surface area contributed by atoms with Crippen LogP contribution in [0.2, 0.25) is 0 Å². The molecule has 5 heteroatoms. The van der Waals surface area contributed by atoms with E-state index in [1.807, 2.05) is 0 Å². The molecule has 0 aliphatic heterocycles. The van der Waals surface area contributed by atoms with E-state index in [2.05, 4.69) is 4.74 Å². The largest absolute Gasteiger partial charge is 0.550 e. The average Bonchev–Trinajstić information content (AvgIpc) is 2.15. The Balaban J connectivity index is 2.84. The highest BCUT2D eigenvalue weighted by Gasteiger charge is 2.21. The van der Waals surface area contributed by atoms with E-state index >= 15 is 0 Å². The number of hydrogen-bond acceptors (Lipinski definition) is 3. The molecule has 0 fully saturated rings. The van der Waals surface area contributed by atoms with Crippen molar-refractivity contribution in [2.75, 3.05) is 13.9 Å². The number of methoxy groups -OCH3 is 1. The van der Waals surface area contributed by atoms with Crippen LogP contribution in [0.1, 0.15) is 0 Å². The highest BCUT2D eigenvalue weighted by Crippen LogP contribution is 2.21. The SMILES string of the molecule is COCOc1ccccc1[P+](=O)O. The third-order valence-electron chi connectivity index (χ3n) is 1.40. The summed E-state index contributed by atoms with van der Waals surface area (Å²) in [4.78, 5) is 8.89. The third kappa shape index (κ3) is 2.77. The summed E-state index contributed by atoms with van der Waals surface area (Å²) < 4.78 is 20.6. The lowest BCUT2D eigenvalue weighted by molar-refractivity contribution is 0.0518. The second kappa shape index (κ2) is 4.92. The second-order valence-corrected chi connectivity index (χ2v) is 3.32. The van der Waals surface area contributed by atoms with Crippen LogP contribution in [0.3, 0.4) is 0 Å². The molecule has 1 unspecified atom stereocenters. The van der Waals surface area contributed by atoms with Gasteiger partial charge in [-0.1, -0.05) is 12.1 Å². The lowest BCUT2D eigenvalue weighted by Gasteiger charge is -2.02. The first kappa shape index (κ1) is 10.1. The van der Waals surface area contributed by atoms with Gasteiger partial charge in [0.25, 0.3) is 5.30 Å². The van der Waals surface area contributed by atoms with Crippen molar-refractivity contribution < 1.29 is 18.9 Å². The standard InChI is InChI=1S/C8H9O4P/c1-11-6-12-7-4-2-3-5-8(7)13(9)10/h2-5H,6H2,1H3/p+1. The lowest BCUT2D eigenvalue weighted by Crippen LogP contribution is -2.07. The summed E-state index contributed by atoms with van der Waals surface area (Å²) in [6, 6.07) is 6.58. The molecule has 1 aromatic carbocycles. The molecule has 0 bridgehead atoms. The zero-order valence-electron chi connectivity index (χ0n) is 7.14. The van der Waals surface area contributed by atoms with Crippen molar-refractivity contribution in [2.45, 2.75) is 0 Å². The number of ether oxygens (including phenoxy) is 2. The van der Waals surface area contributed by atoms with Crippen LogP contribution in [0.25, 0.3) is 0 Å². The third-order valence-corrected chi connectivity index (χ3v) is 2.19. The predicted octanol–water partition coefficient (Wildman–Crippen LogP) is 1.03. The van der Waals surface area contributed by atoms with Crippen molar-refractivity contribution in [3.05, 3.63) is 24.3 Å². The Morgan fingerprint density at radius 3 is 2.77 bits per heavy atom. The Labute approximate surface area is 77.0 Å². The quantitative estimate of drug-likeness (QED) is 0.583. The van der Waals surface area contributed by atoms with Crippen molar-refractivity contribution in [1.29, 1.82) is 0 Å². The Kier molecular flexibility index (Phi) is 3.83. The van der Waals surface area contributed by atoms with Crippen LogP contribution in [-0.4, -0.2) is 18.8 Å². The van der Waals surface area contributed by atoms with Gasteiger partial charge in [-0.25, -0.2) is 0 Å². The first-order valence-electron chi connectivity index (χ1n) is 3.62. The van der Waals surface area contributed by atoms with Gasteiger partial charge in [-0.15, -0.1) is 0 Å². The minimum atomic E-state index is -2.36. The fourth-order valence-corrected chi connectivity index (χ4v) is 1.40. The molecule has 0 spiro atoms. The van der Waals surface area contributed by atoms with E-state index in [0.29, 0.717) is 5.75 Å². The molecule has 13 heavy (non-hydrogen) atoms. The minimum Gasteiger partial charge on any atom is -0.463 e. The molecule has 0 aliphatic carbocycles. The van der Waals surface area contributed by atoms with Crippen LogP contribution in [0.4, 0.5) is 0 Å². The topological polar surface area (TPSA) is 55.8 Å². The molecule has 0 saturated heterocycles. The van der Waals surface area contributed by atoms with Crippen LogP contribution in [0, 0.1) is 0 Å². The van der Waals surface area contributed by atoms with Crippen LogP contribution >= 0.6 is 8.03 Å². The zero-order chi connectivity index (χ0) is 9.68. The van der Waals surface area contributed by atoms with E-state index in [0.717, 1.165) is 0 Å². The number of para-hydroxylation sites is 1. The summed E-state index contributed by atoms with van der Waals surface area (Å²) in [5, 5.41) is 0.287. The fraction of sp³-hybridized carbons (Fsp3) is 0.250. The lowest BCUT2D eigenvalue weighted by atomic mass is 10.3. The maximum atomic E-state index is 10.8. The van der Waals surface area contributed by atoms with Gasteiger partial charge in [-0.05, 0) is 16.7 Å². The van der Waals surface area contributed by atoms with E-state index < -0.39 is 8.03 Å². The highest BCUT2D eigenvalue weighted by molar-refractivity contribution is 7.47. The Morgan fingerprint density at radius 1 is 1.46 bits per heavy atom. The van der Waals surface area contributed by atoms with E-state index in [-0.39, 0.29) is 12.1 Å².